The van der Waals surface area contributed by atoms with Gasteiger partial charge in [-0.3, -0.25) is 29.7 Å². The molecule has 11 N–H and O–H groups in total. The van der Waals surface area contributed by atoms with Crippen LogP contribution in [0.2, 0.25) is 0 Å². The third-order valence-corrected chi connectivity index (χ3v) is 23.7. The molecule has 24 nitrogen and oxygen atoms in total. The Kier molecular flexibility index (Phi) is 23.6. The minimum atomic E-state index is -1.51. The van der Waals surface area contributed by atoms with E-state index in [4.69, 9.17) is 43.6 Å². The summed E-state index contributed by atoms with van der Waals surface area (Å²) in [6.07, 6.45) is 22.4. The van der Waals surface area contributed by atoms with E-state index in [0.29, 0.717) is 80.2 Å². The molecule has 20 aromatic rings. The number of aryl methyl sites for hydroxylation is 4. The van der Waals surface area contributed by atoms with Crippen LogP contribution in [0, 0.1) is 23.3 Å². The largest absolute Gasteiger partial charge is 0.497 e. The number of rotatable bonds is 11. The van der Waals surface area contributed by atoms with Crippen LogP contribution in [0.3, 0.4) is 0 Å². The van der Waals surface area contributed by atoms with Gasteiger partial charge >= 0.3 is 0 Å². The normalized spacial score (nSPS) is 12.5. The molecule has 0 unspecified atom stereocenters. The van der Waals surface area contributed by atoms with E-state index in [9.17, 15) is 22.4 Å². The Balaban J connectivity index is 0.000000107. The smallest absolute Gasteiger partial charge is 0.194 e. The number of oxime groups is 1. The summed E-state index contributed by atoms with van der Waals surface area (Å²) in [5, 5.41) is 16.5. The second-order valence-corrected chi connectivity index (χ2v) is 31.6. The van der Waals surface area contributed by atoms with Crippen LogP contribution < -0.4 is 33.4 Å². The molecule has 0 fully saturated rings. The Morgan fingerprint density at radius 3 is 1.02 bits per heavy atom. The number of pyridine rings is 5. The number of hydrogen-bond donors (Lipinski definition) is 6. The zero-order valence-electron chi connectivity index (χ0n) is 71.1. The Morgan fingerprint density at radius 2 is 0.624 bits per heavy atom. The summed E-state index contributed by atoms with van der Waals surface area (Å²) in [4.78, 5) is 76.0. The Hall–Kier alpha value is -17.7. The van der Waals surface area contributed by atoms with Crippen molar-refractivity contribution in [3.05, 3.63) is 356 Å². The maximum atomic E-state index is 14.5. The van der Waals surface area contributed by atoms with Crippen molar-refractivity contribution in [3.63, 3.8) is 0 Å². The minimum Gasteiger partial charge on any atom is -0.497 e. The Bertz CT molecular complexity index is 8000. The fourth-order valence-electron chi connectivity index (χ4n) is 17.1. The molecule has 133 heavy (non-hydrogen) atoms. The van der Waals surface area contributed by atoms with Gasteiger partial charge in [0, 0.05) is 131 Å². The van der Waals surface area contributed by atoms with Crippen molar-refractivity contribution in [2.45, 2.75) is 44.9 Å². The first-order chi connectivity index (χ1) is 64.9. The molecule has 10 heterocycles. The quantitative estimate of drug-likeness (QED) is 0.0303. The topological polar surface area (TPSA) is 382 Å². The maximum Gasteiger partial charge on any atom is 0.194 e. The monoisotopic (exact) mass is 1760 g/mol. The van der Waals surface area contributed by atoms with Gasteiger partial charge in [0.25, 0.3) is 0 Å². The molecule has 23 rings (SSSR count). The zero-order chi connectivity index (χ0) is 91.3. The summed E-state index contributed by atoms with van der Waals surface area (Å²) in [5.41, 5.74) is 58.2. The summed E-state index contributed by atoms with van der Waals surface area (Å²) >= 11 is 0. The molecule has 0 radical (unpaired) electrons. The summed E-state index contributed by atoms with van der Waals surface area (Å²) in [6.45, 7) is 0. The van der Waals surface area contributed by atoms with Crippen molar-refractivity contribution in [1.29, 1.82) is 0 Å². The molecule has 648 valence electrons. The van der Waals surface area contributed by atoms with Gasteiger partial charge in [-0.2, -0.15) is 0 Å². The molecule has 0 spiro atoms. The lowest BCUT2D eigenvalue weighted by atomic mass is 9.96. The van der Waals surface area contributed by atoms with Gasteiger partial charge in [-0.25, -0.2) is 67.4 Å². The van der Waals surface area contributed by atoms with Crippen molar-refractivity contribution in [2.24, 2.45) is 5.16 Å². The van der Waals surface area contributed by atoms with Crippen molar-refractivity contribution >= 4 is 95.1 Å². The number of halogens is 4. The average Bonchev–Trinajstić information content (AvgIpc) is 1.77. The summed E-state index contributed by atoms with van der Waals surface area (Å²) in [5.74, 6) is -1.49. The second-order valence-electron chi connectivity index (χ2n) is 31.6. The molecular weight excluding hydrogens is 1680 g/mol. The minimum absolute atomic E-state index is 0.134. The standard InChI is InChI=1S/C22H17N5O.C22H16N4O.C22H18N4.C20H15FN4O.C19H11F3N4/c23-22-18-11-14(4-7-19(18)25-12-26-22)17-2-1-9-24-21(17)15-3-6-16-13(10-15)5-8-20(16)27-28;23-22-18-11-14(4-7-19(18)25-12-26-22)17-2-1-9-24-21(17)15-3-6-16-13(10-15)5-8-20(16)27;23-22-19-12-16(8-9-20(19)25-13-26-22)18-5-2-10-24-21(18)17-7-6-14-3-1-4-15(14)11-17;1-26-13-5-6-17(21)15(10-13)19-14(3-2-8-23-19)12-4-7-18-16(9-12)20(22)25-11-24-18;20-14-7-11(8-15(21)17(14)22)18-12(2-1-5-24-18)10-3-4-16-13(6-10)19(23)26-9-25-16/h1-4,6-7,9-12,28H,5,8H2,(H2,23,25,26);1-4,6-7,9-12H,5,8H2,(H2,23,25,26);2,5-13H,1,3-4H2,(H2,23,25,26);2-11H,1H3,(H2,22,24,25);1-9H,(H2,23,25,26)/b27-20+;;;;. The van der Waals surface area contributed by atoms with E-state index < -0.39 is 17.5 Å². The number of fused-ring (bicyclic) bond motifs is 8. The molecule has 0 atom stereocenters. The van der Waals surface area contributed by atoms with Crippen molar-refractivity contribution < 1.29 is 32.3 Å². The number of aromatic nitrogens is 15. The molecule has 10 aromatic heterocycles. The number of carbonyl (C=O) groups excluding carboxylic acids is 1. The van der Waals surface area contributed by atoms with Crippen LogP contribution in [-0.2, 0) is 25.7 Å². The zero-order valence-corrected chi connectivity index (χ0v) is 71.1. The van der Waals surface area contributed by atoms with Gasteiger partial charge in [-0.05, 0) is 228 Å². The fraction of sp³-hybridized carbons (Fsp3) is 0.0762. The highest BCUT2D eigenvalue weighted by molar-refractivity contribution is 6.06. The number of nitrogens with two attached hydrogens (primary N) is 5. The maximum absolute atomic E-state index is 14.5. The Labute approximate surface area is 757 Å². The van der Waals surface area contributed by atoms with Gasteiger partial charge in [-0.1, -0.05) is 102 Å². The van der Waals surface area contributed by atoms with Crippen LogP contribution in [0.15, 0.2) is 304 Å². The summed E-state index contributed by atoms with van der Waals surface area (Å²) in [7, 11) is 1.54. The number of ether oxygens (including phenoxy) is 1. The van der Waals surface area contributed by atoms with E-state index in [1.54, 1.807) is 68.2 Å². The van der Waals surface area contributed by atoms with Crippen molar-refractivity contribution in [2.75, 3.05) is 35.8 Å². The highest BCUT2D eigenvalue weighted by Crippen LogP contribution is 2.43. The Morgan fingerprint density at radius 1 is 0.286 bits per heavy atom. The lowest BCUT2D eigenvalue weighted by molar-refractivity contribution is 0.0994. The lowest BCUT2D eigenvalue weighted by Gasteiger charge is -2.12. The summed E-state index contributed by atoms with van der Waals surface area (Å²) < 4.78 is 60.3. The highest BCUT2D eigenvalue weighted by atomic mass is 19.2. The van der Waals surface area contributed by atoms with Crippen LogP contribution in [0.5, 0.6) is 5.75 Å². The number of Topliss-reactive ketones (excluding diaryl/α,β-unsaturated/α-hetero) is 1. The molecular formula is C105H77F4N21O3. The number of methoxy groups -OCH3 is 1. The first-order valence-corrected chi connectivity index (χ1v) is 42.4. The van der Waals surface area contributed by atoms with Crippen molar-refractivity contribution in [3.8, 4) is 118 Å². The van der Waals surface area contributed by atoms with Gasteiger partial charge in [0.05, 0.1) is 68.9 Å². The number of nitrogen functional groups attached to an aromatic ring is 5. The van der Waals surface area contributed by atoms with E-state index >= 15 is 0 Å². The van der Waals surface area contributed by atoms with E-state index in [0.717, 1.165) is 177 Å². The molecule has 0 amide bonds. The fourth-order valence-corrected chi connectivity index (χ4v) is 17.1. The van der Waals surface area contributed by atoms with Crippen LogP contribution >= 0.6 is 0 Å². The number of anilines is 5. The van der Waals surface area contributed by atoms with E-state index in [1.807, 2.05) is 128 Å². The van der Waals surface area contributed by atoms with Crippen LogP contribution in [0.4, 0.5) is 46.7 Å². The van der Waals surface area contributed by atoms with Gasteiger partial charge in [-0.15, -0.1) is 0 Å². The third-order valence-electron chi connectivity index (χ3n) is 23.7. The molecule has 0 aliphatic heterocycles. The van der Waals surface area contributed by atoms with Crippen LogP contribution in [0.25, 0.3) is 166 Å². The molecule has 3 aliphatic rings. The predicted molar refractivity (Wildman–Crippen MR) is 511 cm³/mol. The molecule has 0 saturated carbocycles. The second kappa shape index (κ2) is 36.9. The number of benzene rings is 10. The van der Waals surface area contributed by atoms with Crippen LogP contribution in [-0.4, -0.2) is 98.6 Å². The highest BCUT2D eigenvalue weighted by Gasteiger charge is 2.26. The van der Waals surface area contributed by atoms with Crippen LogP contribution in [0.1, 0.15) is 57.4 Å². The lowest BCUT2D eigenvalue weighted by Crippen LogP contribution is -1.96. The predicted octanol–water partition coefficient (Wildman–Crippen LogP) is 21.0. The molecule has 3 aliphatic carbocycles. The summed E-state index contributed by atoms with van der Waals surface area (Å²) in [6, 6.07) is 73.6. The first kappa shape index (κ1) is 84.8. The molecule has 0 bridgehead atoms. The number of carbonyl (C=O) groups is 1. The number of hydrogen-bond acceptors (Lipinski definition) is 24. The average molecular weight is 1760 g/mol. The molecule has 10 aromatic carbocycles. The van der Waals surface area contributed by atoms with E-state index in [-0.39, 0.29) is 17.2 Å². The number of ketones is 1. The van der Waals surface area contributed by atoms with Gasteiger partial charge in [0.2, 0.25) is 0 Å². The third kappa shape index (κ3) is 17.3. The number of nitrogens with zero attached hydrogens (tertiary/aromatic N) is 16. The molecule has 28 heteroatoms. The van der Waals surface area contributed by atoms with E-state index in [2.05, 4.69) is 130 Å². The van der Waals surface area contributed by atoms with Crippen molar-refractivity contribution in [1.82, 2.24) is 74.8 Å². The SMILES string of the molecule is COc1ccc(F)c(-c2ncccc2-c2ccc3ncnc(N)c3c2)c1.Nc1ncnc2ccc(-c3cccnc3-c3cc(F)c(F)c(F)c3)cc12.Nc1ncnc2ccc(-c3cccnc3-c3ccc4c(c3)CC/C4=N\O)cc12.Nc1ncnc2ccc(-c3cccnc3-c3ccc4c(c3)CCC4)cc12.Nc1ncnc2ccc(-c3cccnc3-c3ccc4c(c3)CCC4=O)cc12. The molecule has 0 saturated heterocycles. The first-order valence-electron chi connectivity index (χ1n) is 42.4. The van der Waals surface area contributed by atoms with Gasteiger partial charge in [0.1, 0.15) is 72.3 Å². The van der Waals surface area contributed by atoms with Gasteiger partial charge < -0.3 is 38.6 Å². The van der Waals surface area contributed by atoms with E-state index in [1.165, 1.54) is 79.0 Å². The van der Waals surface area contributed by atoms with Gasteiger partial charge in [0.15, 0.2) is 23.2 Å².